The third-order valence-electron chi connectivity index (χ3n) is 4.46. The summed E-state index contributed by atoms with van der Waals surface area (Å²) < 4.78 is 0. The molecule has 5 nitrogen and oxygen atoms in total. The van der Waals surface area contributed by atoms with Crippen LogP contribution in [0, 0.1) is 10.6 Å². The van der Waals surface area contributed by atoms with Crippen molar-refractivity contribution in [1.29, 1.82) is 0 Å². The Bertz CT molecular complexity index is 971. The average Bonchev–Trinajstić information content (AvgIpc) is 2.81. The summed E-state index contributed by atoms with van der Waals surface area (Å²) in [5, 5.41) is 27.8. The molecular formula is C20H24ClN3O2. The van der Waals surface area contributed by atoms with Gasteiger partial charge in [-0.3, -0.25) is 0 Å². The molecule has 1 aromatic heterocycles. The maximum Gasteiger partial charge on any atom is 0.251 e. The summed E-state index contributed by atoms with van der Waals surface area (Å²) in [4.78, 5) is 1.84. The highest BCUT2D eigenvalue weighted by molar-refractivity contribution is 6.31. The van der Waals surface area contributed by atoms with Crippen molar-refractivity contribution in [3.05, 3.63) is 52.2 Å². The molecule has 3 rings (SSSR count). The molecule has 0 saturated heterocycles. The molecule has 1 heterocycles. The molecular weight excluding hydrogens is 350 g/mol. The van der Waals surface area contributed by atoms with Gasteiger partial charge in [-0.25, -0.2) is 0 Å². The van der Waals surface area contributed by atoms with Crippen molar-refractivity contribution >= 4 is 22.6 Å². The van der Waals surface area contributed by atoms with Gasteiger partial charge in [-0.2, -0.15) is 0 Å². The van der Waals surface area contributed by atoms with E-state index in [0.29, 0.717) is 26.6 Å². The first-order chi connectivity index (χ1) is 12.0. The summed E-state index contributed by atoms with van der Waals surface area (Å²) in [6, 6.07) is 10.3. The molecule has 1 N–H and O–H groups in total. The van der Waals surface area contributed by atoms with Gasteiger partial charge in [-0.15, -0.1) is 4.85 Å². The number of hydrogen-bond acceptors (Lipinski definition) is 3. The number of fused-ring (bicyclic) bond motifs is 1. The van der Waals surface area contributed by atoms with E-state index >= 15 is 0 Å². The zero-order valence-electron chi connectivity index (χ0n) is 15.7. The Balaban J connectivity index is 2.13. The van der Waals surface area contributed by atoms with Crippen molar-refractivity contribution in [2.45, 2.75) is 46.5 Å². The molecule has 0 aliphatic carbocycles. The fraction of sp³-hybridized carbons (Fsp3) is 0.400. The average molecular weight is 374 g/mol. The summed E-state index contributed by atoms with van der Waals surface area (Å²) in [5.41, 5.74) is 2.30. The van der Waals surface area contributed by atoms with Gasteiger partial charge >= 0.3 is 0 Å². The molecule has 0 aliphatic rings. The van der Waals surface area contributed by atoms with Crippen LogP contribution in [0.3, 0.4) is 0 Å². The zero-order valence-corrected chi connectivity index (χ0v) is 16.5. The minimum absolute atomic E-state index is 0.00353. The molecule has 0 unspecified atom stereocenters. The van der Waals surface area contributed by atoms with E-state index in [9.17, 15) is 10.3 Å². The second-order valence-corrected chi connectivity index (χ2v) is 9.06. The Morgan fingerprint density at radius 3 is 2.46 bits per heavy atom. The van der Waals surface area contributed by atoms with Crippen LogP contribution in [0.15, 0.2) is 36.4 Å². The van der Waals surface area contributed by atoms with E-state index in [1.807, 2.05) is 12.1 Å². The summed E-state index contributed by atoms with van der Waals surface area (Å²) in [7, 11) is 0. The number of benzene rings is 2. The highest BCUT2D eigenvalue weighted by Crippen LogP contribution is 2.38. The van der Waals surface area contributed by atoms with Crippen LogP contribution in [0.1, 0.15) is 46.6 Å². The summed E-state index contributed by atoms with van der Waals surface area (Å²) in [6.07, 6.45) is 0.957. The standard InChI is InChI=1S/C20H24ClN3O2/c1-19(2,3)12-20(4,5)13-6-9-18(25)17(10-13)23-22-15-11-14(21)7-8-16(15)24(23)26/h6-11,25H,12H2,1-5H3. The van der Waals surface area contributed by atoms with Gasteiger partial charge in [-0.05, 0) is 51.9 Å². The Labute approximate surface area is 158 Å². The van der Waals surface area contributed by atoms with E-state index in [-0.39, 0.29) is 16.6 Å². The fourth-order valence-corrected chi connectivity index (χ4v) is 3.83. The molecule has 0 atom stereocenters. The van der Waals surface area contributed by atoms with Crippen molar-refractivity contribution < 1.29 is 9.95 Å². The normalized spacial score (nSPS) is 12.7. The van der Waals surface area contributed by atoms with Crippen LogP contribution in [-0.4, -0.2) is 15.0 Å². The zero-order chi connectivity index (χ0) is 19.3. The minimum atomic E-state index is -0.121. The highest BCUT2D eigenvalue weighted by Gasteiger charge is 2.29. The summed E-state index contributed by atoms with van der Waals surface area (Å²) >= 11 is 5.99. The third-order valence-corrected chi connectivity index (χ3v) is 4.70. The molecule has 0 aliphatic heterocycles. The predicted molar refractivity (Wildman–Crippen MR) is 104 cm³/mol. The van der Waals surface area contributed by atoms with Gasteiger partial charge in [0.25, 0.3) is 5.52 Å². The second-order valence-electron chi connectivity index (χ2n) is 8.62. The number of phenols is 1. The van der Waals surface area contributed by atoms with Crippen LogP contribution in [0.5, 0.6) is 5.75 Å². The van der Waals surface area contributed by atoms with Crippen LogP contribution >= 0.6 is 11.6 Å². The van der Waals surface area contributed by atoms with Crippen LogP contribution in [0.2, 0.25) is 5.02 Å². The van der Waals surface area contributed by atoms with Crippen LogP contribution < -0.4 is 4.85 Å². The number of nitrogens with zero attached hydrogens (tertiary/aromatic N) is 3. The smallest absolute Gasteiger partial charge is 0.251 e. The van der Waals surface area contributed by atoms with Crippen LogP contribution in [0.4, 0.5) is 0 Å². The number of aromatic hydroxyl groups is 1. The number of phenolic OH excluding ortho intramolecular Hbond substituents is 1. The predicted octanol–water partition coefficient (Wildman–Crippen LogP) is 4.73. The van der Waals surface area contributed by atoms with Gasteiger partial charge in [0.05, 0.1) is 5.10 Å². The molecule has 0 amide bonds. The quantitative estimate of drug-likeness (QED) is 0.533. The SMILES string of the molecule is CC(C)(C)CC(C)(C)c1ccc(O)c(-n2nc3cc(Cl)ccc3[n+]2[O-])c1. The minimum Gasteiger partial charge on any atom is -0.692 e. The second kappa shape index (κ2) is 6.16. The topological polar surface area (TPSA) is 65.0 Å². The summed E-state index contributed by atoms with van der Waals surface area (Å²) in [6.45, 7) is 10.9. The first-order valence-electron chi connectivity index (χ1n) is 8.60. The molecule has 0 fully saturated rings. The maximum atomic E-state index is 12.6. The van der Waals surface area contributed by atoms with Crippen molar-refractivity contribution in [2.24, 2.45) is 5.41 Å². The van der Waals surface area contributed by atoms with Crippen molar-refractivity contribution in [3.8, 4) is 11.4 Å². The Morgan fingerprint density at radius 1 is 1.12 bits per heavy atom. The van der Waals surface area contributed by atoms with Gasteiger partial charge in [0.1, 0.15) is 5.75 Å². The van der Waals surface area contributed by atoms with Gasteiger partial charge in [0, 0.05) is 11.1 Å². The molecule has 0 saturated carbocycles. The molecule has 0 spiro atoms. The largest absolute Gasteiger partial charge is 0.692 e. The van der Waals surface area contributed by atoms with E-state index in [2.05, 4.69) is 39.7 Å². The van der Waals surface area contributed by atoms with Crippen molar-refractivity contribution in [1.82, 2.24) is 9.90 Å². The van der Waals surface area contributed by atoms with Crippen LogP contribution in [-0.2, 0) is 5.41 Å². The molecule has 0 bridgehead atoms. The number of rotatable bonds is 3. The lowest BCUT2D eigenvalue weighted by atomic mass is 9.72. The first kappa shape index (κ1) is 18.5. The van der Waals surface area contributed by atoms with Crippen molar-refractivity contribution in [3.63, 3.8) is 0 Å². The lowest BCUT2D eigenvalue weighted by Crippen LogP contribution is -2.37. The molecule has 2 aromatic carbocycles. The number of halogens is 1. The molecule has 0 radical (unpaired) electrons. The maximum absolute atomic E-state index is 12.6. The number of aromatic nitrogens is 3. The van der Waals surface area contributed by atoms with E-state index in [1.54, 1.807) is 24.3 Å². The lowest BCUT2D eigenvalue weighted by Gasteiger charge is -2.33. The molecule has 3 aromatic rings. The lowest BCUT2D eigenvalue weighted by molar-refractivity contribution is -0.664. The van der Waals surface area contributed by atoms with Crippen LogP contribution in [0.25, 0.3) is 16.7 Å². The van der Waals surface area contributed by atoms with E-state index < -0.39 is 0 Å². The van der Waals surface area contributed by atoms with Gasteiger partial charge in [0.15, 0.2) is 5.69 Å². The Morgan fingerprint density at radius 2 is 1.81 bits per heavy atom. The molecule has 6 heteroatoms. The van der Waals surface area contributed by atoms with Gasteiger partial charge in [0.2, 0.25) is 5.52 Å². The fourth-order valence-electron chi connectivity index (χ4n) is 3.67. The molecule has 26 heavy (non-hydrogen) atoms. The Hall–Kier alpha value is -2.27. The number of hydrogen-bond donors (Lipinski definition) is 1. The van der Waals surface area contributed by atoms with E-state index in [4.69, 9.17) is 11.6 Å². The van der Waals surface area contributed by atoms with Crippen molar-refractivity contribution in [2.75, 3.05) is 0 Å². The van der Waals surface area contributed by atoms with Gasteiger partial charge < -0.3 is 10.3 Å². The third kappa shape index (κ3) is 3.49. The highest BCUT2D eigenvalue weighted by atomic mass is 35.5. The van der Waals surface area contributed by atoms with E-state index in [1.165, 1.54) is 4.80 Å². The molecule has 138 valence electrons. The first-order valence-corrected chi connectivity index (χ1v) is 8.98. The monoisotopic (exact) mass is 373 g/mol. The van der Waals surface area contributed by atoms with Gasteiger partial charge in [-0.1, -0.05) is 52.3 Å². The Kier molecular flexibility index (Phi) is 4.39. The van der Waals surface area contributed by atoms with E-state index in [0.717, 1.165) is 12.0 Å². The summed E-state index contributed by atoms with van der Waals surface area (Å²) in [5.74, 6) is 0.00353.